The molecule has 0 aliphatic carbocycles. The highest BCUT2D eigenvalue weighted by molar-refractivity contribution is 9.10. The van der Waals surface area contributed by atoms with Gasteiger partial charge in [0.05, 0.1) is 22.6 Å². The maximum absolute atomic E-state index is 13.6. The summed E-state index contributed by atoms with van der Waals surface area (Å²) in [5.74, 6) is -0.404. The minimum Gasteiger partial charge on any atom is -0.394 e. The summed E-state index contributed by atoms with van der Waals surface area (Å²) in [6, 6.07) is 17.0. The van der Waals surface area contributed by atoms with E-state index in [1.54, 1.807) is 30.6 Å². The van der Waals surface area contributed by atoms with Crippen molar-refractivity contribution in [2.24, 2.45) is 0 Å². The van der Waals surface area contributed by atoms with Crippen LogP contribution >= 0.6 is 15.9 Å². The average Bonchev–Trinajstić information content (AvgIpc) is 3.26. The summed E-state index contributed by atoms with van der Waals surface area (Å²) in [5, 5.41) is 18.5. The standard InChI is InChI=1S/C26H20BrFN4O2/c1-15-10-19(6-8-29-15)26-20-11-16(3-5-23(20)30-31-26)17-7-9-32(25(34)13-17)24(14-33)18-2-4-22(28)21(27)12-18/h2-13,24,33H,14H2,1H3,(H,30,31)/t24-/m1/s1. The molecule has 8 heteroatoms. The smallest absolute Gasteiger partial charge is 0.251 e. The monoisotopic (exact) mass is 518 g/mol. The highest BCUT2D eigenvalue weighted by Gasteiger charge is 2.17. The summed E-state index contributed by atoms with van der Waals surface area (Å²) in [6.45, 7) is 1.63. The van der Waals surface area contributed by atoms with Crippen molar-refractivity contribution in [3.8, 4) is 22.4 Å². The number of aliphatic hydroxyl groups excluding tert-OH is 1. The number of nitrogens with one attached hydrogen (secondary N) is 1. The van der Waals surface area contributed by atoms with Crippen LogP contribution in [-0.2, 0) is 0 Å². The number of benzene rings is 2. The van der Waals surface area contributed by atoms with Gasteiger partial charge >= 0.3 is 0 Å². The van der Waals surface area contributed by atoms with Crippen LogP contribution in [0.1, 0.15) is 17.3 Å². The van der Waals surface area contributed by atoms with E-state index in [0.29, 0.717) is 5.56 Å². The number of pyridine rings is 2. The van der Waals surface area contributed by atoms with Crippen LogP contribution in [0.15, 0.2) is 82.3 Å². The predicted molar refractivity (Wildman–Crippen MR) is 133 cm³/mol. The minimum atomic E-state index is -0.628. The molecular formula is C26H20BrFN4O2. The topological polar surface area (TPSA) is 83.8 Å². The Morgan fingerprint density at radius 1 is 1.06 bits per heavy atom. The van der Waals surface area contributed by atoms with Crippen molar-refractivity contribution in [3.63, 3.8) is 0 Å². The van der Waals surface area contributed by atoms with Crippen LogP contribution in [0.3, 0.4) is 0 Å². The molecule has 0 fully saturated rings. The first-order valence-corrected chi connectivity index (χ1v) is 11.4. The third kappa shape index (κ3) is 4.06. The van der Waals surface area contributed by atoms with E-state index in [1.165, 1.54) is 10.6 Å². The molecule has 2 aromatic carbocycles. The fourth-order valence-corrected chi connectivity index (χ4v) is 4.50. The number of fused-ring (bicyclic) bond motifs is 1. The van der Waals surface area contributed by atoms with Crippen LogP contribution in [0.4, 0.5) is 4.39 Å². The molecule has 5 aromatic rings. The molecule has 0 amide bonds. The van der Waals surface area contributed by atoms with E-state index >= 15 is 0 Å². The quantitative estimate of drug-likeness (QED) is 0.333. The fourth-order valence-electron chi connectivity index (χ4n) is 4.11. The molecule has 0 saturated carbocycles. The number of aromatic nitrogens is 4. The Bertz CT molecular complexity index is 1580. The maximum atomic E-state index is 13.6. The molecule has 5 rings (SSSR count). The number of H-pyrrole nitrogens is 1. The van der Waals surface area contributed by atoms with Gasteiger partial charge in [0.1, 0.15) is 11.5 Å². The van der Waals surface area contributed by atoms with Crippen molar-refractivity contribution < 1.29 is 9.50 Å². The molecule has 170 valence electrons. The highest BCUT2D eigenvalue weighted by atomic mass is 79.9. The normalized spacial score (nSPS) is 12.2. The first-order valence-electron chi connectivity index (χ1n) is 10.6. The lowest BCUT2D eigenvalue weighted by Crippen LogP contribution is -2.26. The molecule has 0 bridgehead atoms. The molecule has 0 aliphatic heterocycles. The van der Waals surface area contributed by atoms with E-state index in [2.05, 4.69) is 31.1 Å². The Morgan fingerprint density at radius 2 is 1.88 bits per heavy atom. The Morgan fingerprint density at radius 3 is 2.62 bits per heavy atom. The lowest BCUT2D eigenvalue weighted by molar-refractivity contribution is 0.247. The van der Waals surface area contributed by atoms with Gasteiger partial charge in [0.25, 0.3) is 5.56 Å². The van der Waals surface area contributed by atoms with Crippen LogP contribution < -0.4 is 5.56 Å². The van der Waals surface area contributed by atoms with Gasteiger partial charge in [-0.15, -0.1) is 0 Å². The zero-order valence-corrected chi connectivity index (χ0v) is 19.8. The number of aromatic amines is 1. The lowest BCUT2D eigenvalue weighted by atomic mass is 10.0. The van der Waals surface area contributed by atoms with Crippen LogP contribution in [0.2, 0.25) is 0 Å². The predicted octanol–water partition coefficient (Wildman–Crippen LogP) is 5.25. The van der Waals surface area contributed by atoms with Gasteiger partial charge < -0.3 is 9.67 Å². The van der Waals surface area contributed by atoms with E-state index in [-0.39, 0.29) is 16.6 Å². The van der Waals surface area contributed by atoms with Gasteiger partial charge in [-0.3, -0.25) is 14.9 Å². The molecule has 0 saturated heterocycles. The average molecular weight is 519 g/mol. The zero-order chi connectivity index (χ0) is 23.8. The molecule has 1 atom stereocenters. The molecular weight excluding hydrogens is 499 g/mol. The van der Waals surface area contributed by atoms with Crippen LogP contribution in [0, 0.1) is 12.7 Å². The molecule has 34 heavy (non-hydrogen) atoms. The molecule has 0 radical (unpaired) electrons. The second-order valence-electron chi connectivity index (χ2n) is 8.05. The summed E-state index contributed by atoms with van der Waals surface area (Å²) < 4.78 is 15.4. The number of nitrogens with zero attached hydrogens (tertiary/aromatic N) is 3. The molecule has 6 nitrogen and oxygen atoms in total. The van der Waals surface area contributed by atoms with E-state index in [9.17, 15) is 14.3 Å². The van der Waals surface area contributed by atoms with E-state index in [0.717, 1.165) is 39.0 Å². The Labute approximate surface area is 202 Å². The zero-order valence-electron chi connectivity index (χ0n) is 18.2. The van der Waals surface area contributed by atoms with Gasteiger partial charge in [-0.1, -0.05) is 12.1 Å². The number of halogens is 2. The molecule has 0 unspecified atom stereocenters. The van der Waals surface area contributed by atoms with Gasteiger partial charge in [0, 0.05) is 35.1 Å². The second-order valence-corrected chi connectivity index (χ2v) is 8.91. The van der Waals surface area contributed by atoms with Crippen molar-refractivity contribution in [2.75, 3.05) is 6.61 Å². The van der Waals surface area contributed by atoms with E-state index < -0.39 is 11.9 Å². The number of rotatable bonds is 5. The Kier molecular flexibility index (Phi) is 5.85. The van der Waals surface area contributed by atoms with Crippen molar-refractivity contribution in [2.45, 2.75) is 13.0 Å². The van der Waals surface area contributed by atoms with Gasteiger partial charge in [-0.25, -0.2) is 4.39 Å². The van der Waals surface area contributed by atoms with Crippen molar-refractivity contribution >= 4 is 26.8 Å². The summed E-state index contributed by atoms with van der Waals surface area (Å²) in [6.07, 6.45) is 3.41. The van der Waals surface area contributed by atoms with Crippen LogP contribution in [0.5, 0.6) is 0 Å². The van der Waals surface area contributed by atoms with Gasteiger partial charge in [-0.05, 0) is 82.0 Å². The summed E-state index contributed by atoms with van der Waals surface area (Å²) in [4.78, 5) is 17.3. The molecule has 0 aliphatic rings. The first kappa shape index (κ1) is 22.2. The number of aryl methyl sites for hydroxylation is 1. The summed E-state index contributed by atoms with van der Waals surface area (Å²) in [5.41, 5.74) is 5.55. The van der Waals surface area contributed by atoms with Gasteiger partial charge in [0.15, 0.2) is 0 Å². The summed E-state index contributed by atoms with van der Waals surface area (Å²) in [7, 11) is 0. The Balaban J connectivity index is 1.54. The van der Waals surface area contributed by atoms with Crippen molar-refractivity contribution in [3.05, 3.63) is 105 Å². The van der Waals surface area contributed by atoms with Gasteiger partial charge in [-0.2, -0.15) is 5.10 Å². The van der Waals surface area contributed by atoms with E-state index in [4.69, 9.17) is 0 Å². The third-order valence-corrected chi connectivity index (χ3v) is 6.46. The fraction of sp³-hybridized carbons (Fsp3) is 0.115. The number of hydrogen-bond donors (Lipinski definition) is 2. The minimum absolute atomic E-state index is 0.269. The largest absolute Gasteiger partial charge is 0.394 e. The Hall–Kier alpha value is -3.62. The molecule has 3 aromatic heterocycles. The van der Waals surface area contributed by atoms with Gasteiger partial charge in [0.2, 0.25) is 0 Å². The highest BCUT2D eigenvalue weighted by Crippen LogP contribution is 2.30. The molecule has 3 heterocycles. The lowest BCUT2D eigenvalue weighted by Gasteiger charge is -2.19. The van der Waals surface area contributed by atoms with Crippen LogP contribution in [0.25, 0.3) is 33.3 Å². The van der Waals surface area contributed by atoms with E-state index in [1.807, 2.05) is 43.3 Å². The second kappa shape index (κ2) is 8.96. The van der Waals surface area contributed by atoms with Crippen LogP contribution in [-0.4, -0.2) is 31.5 Å². The number of aliphatic hydroxyl groups is 1. The van der Waals surface area contributed by atoms with Crippen molar-refractivity contribution in [1.29, 1.82) is 0 Å². The molecule has 0 spiro atoms. The molecule has 2 N–H and O–H groups in total. The SMILES string of the molecule is Cc1cc(-c2n[nH]c3ccc(-c4ccn([C@H](CO)c5ccc(F)c(Br)c5)c(=O)c4)cc23)ccn1. The maximum Gasteiger partial charge on any atom is 0.251 e. The summed E-state index contributed by atoms with van der Waals surface area (Å²) >= 11 is 3.16. The number of hydrogen-bond acceptors (Lipinski definition) is 4. The third-order valence-electron chi connectivity index (χ3n) is 5.85. The first-order chi connectivity index (χ1) is 16.4. The van der Waals surface area contributed by atoms with Crippen molar-refractivity contribution in [1.82, 2.24) is 19.7 Å².